The first kappa shape index (κ1) is 9.81. The van der Waals surface area contributed by atoms with Gasteiger partial charge in [0.15, 0.2) is 0 Å². The highest BCUT2D eigenvalue weighted by atomic mass is 35.5. The number of aliphatic hydroxyl groups is 1. The van der Waals surface area contributed by atoms with Crippen molar-refractivity contribution in [2.75, 3.05) is 6.61 Å². The van der Waals surface area contributed by atoms with Gasteiger partial charge in [0.05, 0.1) is 11.1 Å². The summed E-state index contributed by atoms with van der Waals surface area (Å²) in [7, 11) is 0. The molecule has 0 radical (unpaired) electrons. The third kappa shape index (κ3) is 2.40. The maximum Gasteiger partial charge on any atom is 0.138 e. The number of benzene rings is 1. The van der Waals surface area contributed by atoms with E-state index in [9.17, 15) is 0 Å². The fourth-order valence-corrected chi connectivity index (χ4v) is 1.54. The molecule has 0 aromatic heterocycles. The maximum atomic E-state index is 8.76. The molecule has 76 valence electrons. The summed E-state index contributed by atoms with van der Waals surface area (Å²) in [6.45, 7) is 0.152. The molecular weight excluding hydrogens is 200 g/mol. The van der Waals surface area contributed by atoms with Crippen LogP contribution in [-0.4, -0.2) is 17.8 Å². The minimum Gasteiger partial charge on any atom is -0.489 e. The van der Waals surface area contributed by atoms with E-state index in [2.05, 4.69) is 0 Å². The van der Waals surface area contributed by atoms with Crippen LogP contribution < -0.4 is 4.74 Å². The van der Waals surface area contributed by atoms with Crippen LogP contribution in [0.2, 0.25) is 5.02 Å². The first-order valence-corrected chi connectivity index (χ1v) is 5.23. The van der Waals surface area contributed by atoms with Crippen LogP contribution in [-0.2, 0) is 6.42 Å². The standard InChI is InChI=1S/C11H13ClO2/c12-10-7-8(5-6-13)1-4-11(10)14-9-2-3-9/h1,4,7,9,13H,2-3,5-6H2. The molecule has 0 atom stereocenters. The SMILES string of the molecule is OCCc1ccc(OC2CC2)c(Cl)c1. The highest BCUT2D eigenvalue weighted by Crippen LogP contribution is 2.32. The third-order valence-electron chi connectivity index (χ3n) is 2.21. The van der Waals surface area contributed by atoms with Crippen molar-refractivity contribution in [1.29, 1.82) is 0 Å². The lowest BCUT2D eigenvalue weighted by Gasteiger charge is -2.07. The number of halogens is 1. The van der Waals surface area contributed by atoms with Crippen LogP contribution in [0.5, 0.6) is 5.75 Å². The van der Waals surface area contributed by atoms with Crippen LogP contribution in [0.15, 0.2) is 18.2 Å². The lowest BCUT2D eigenvalue weighted by atomic mass is 10.1. The van der Waals surface area contributed by atoms with Gasteiger partial charge in [-0.25, -0.2) is 0 Å². The molecular formula is C11H13ClO2. The zero-order valence-electron chi connectivity index (χ0n) is 7.87. The maximum absolute atomic E-state index is 8.76. The summed E-state index contributed by atoms with van der Waals surface area (Å²) in [5, 5.41) is 9.40. The third-order valence-corrected chi connectivity index (χ3v) is 2.51. The minimum atomic E-state index is 0.152. The van der Waals surface area contributed by atoms with Crippen molar-refractivity contribution in [2.24, 2.45) is 0 Å². The molecule has 0 spiro atoms. The van der Waals surface area contributed by atoms with Gasteiger partial charge in [-0.3, -0.25) is 0 Å². The van der Waals surface area contributed by atoms with Gasteiger partial charge >= 0.3 is 0 Å². The van der Waals surface area contributed by atoms with Crippen LogP contribution in [0, 0.1) is 0 Å². The van der Waals surface area contributed by atoms with Crippen molar-refractivity contribution < 1.29 is 9.84 Å². The molecule has 0 unspecified atom stereocenters. The Morgan fingerprint density at radius 1 is 1.43 bits per heavy atom. The molecule has 14 heavy (non-hydrogen) atoms. The second-order valence-electron chi connectivity index (χ2n) is 3.56. The van der Waals surface area contributed by atoms with E-state index < -0.39 is 0 Å². The van der Waals surface area contributed by atoms with Gasteiger partial charge in [-0.05, 0) is 37.0 Å². The van der Waals surface area contributed by atoms with Crippen molar-refractivity contribution in [3.8, 4) is 5.75 Å². The summed E-state index contributed by atoms with van der Waals surface area (Å²) in [5.41, 5.74) is 1.04. The van der Waals surface area contributed by atoms with E-state index in [-0.39, 0.29) is 6.61 Å². The summed E-state index contributed by atoms with van der Waals surface area (Å²) < 4.78 is 5.59. The molecule has 0 bridgehead atoms. The van der Waals surface area contributed by atoms with Crippen molar-refractivity contribution in [1.82, 2.24) is 0 Å². The lowest BCUT2D eigenvalue weighted by molar-refractivity contribution is 0.298. The number of hydrogen-bond donors (Lipinski definition) is 1. The van der Waals surface area contributed by atoms with Crippen molar-refractivity contribution in [3.05, 3.63) is 28.8 Å². The summed E-state index contributed by atoms with van der Waals surface area (Å²) in [6, 6.07) is 5.68. The average Bonchev–Trinajstić information content (AvgIpc) is 2.94. The molecule has 1 fully saturated rings. The van der Waals surface area contributed by atoms with Gasteiger partial charge in [-0.2, -0.15) is 0 Å². The van der Waals surface area contributed by atoms with Gasteiger partial charge in [-0.15, -0.1) is 0 Å². The number of ether oxygens (including phenoxy) is 1. The molecule has 0 heterocycles. The van der Waals surface area contributed by atoms with Crippen molar-refractivity contribution in [3.63, 3.8) is 0 Å². The topological polar surface area (TPSA) is 29.5 Å². The fraction of sp³-hybridized carbons (Fsp3) is 0.455. The second kappa shape index (κ2) is 4.20. The van der Waals surface area contributed by atoms with Gasteiger partial charge in [0.1, 0.15) is 5.75 Å². The second-order valence-corrected chi connectivity index (χ2v) is 3.96. The highest BCUT2D eigenvalue weighted by Gasteiger charge is 2.24. The number of rotatable bonds is 4. The zero-order valence-corrected chi connectivity index (χ0v) is 8.63. The minimum absolute atomic E-state index is 0.152. The Morgan fingerprint density at radius 2 is 2.21 bits per heavy atom. The quantitative estimate of drug-likeness (QED) is 0.831. The Labute approximate surface area is 88.5 Å². The number of aliphatic hydroxyl groups excluding tert-OH is 1. The molecule has 0 amide bonds. The normalized spacial score (nSPS) is 15.6. The molecule has 2 nitrogen and oxygen atoms in total. The van der Waals surface area contributed by atoms with E-state index in [0.717, 1.165) is 24.2 Å². The molecule has 1 aliphatic rings. The summed E-state index contributed by atoms with van der Waals surface area (Å²) in [5.74, 6) is 0.760. The molecule has 1 aromatic carbocycles. The Balaban J connectivity index is 2.09. The lowest BCUT2D eigenvalue weighted by Crippen LogP contribution is -1.97. The van der Waals surface area contributed by atoms with Crippen LogP contribution in [0.25, 0.3) is 0 Å². The first-order valence-electron chi connectivity index (χ1n) is 4.85. The van der Waals surface area contributed by atoms with Crippen LogP contribution in [0.3, 0.4) is 0 Å². The van der Waals surface area contributed by atoms with E-state index in [4.69, 9.17) is 21.4 Å². The van der Waals surface area contributed by atoms with E-state index in [1.54, 1.807) is 0 Å². The Morgan fingerprint density at radius 3 is 2.79 bits per heavy atom. The van der Waals surface area contributed by atoms with Gasteiger partial charge in [0, 0.05) is 6.61 Å². The molecule has 1 aliphatic carbocycles. The molecule has 1 aromatic rings. The monoisotopic (exact) mass is 212 g/mol. The summed E-state index contributed by atoms with van der Waals surface area (Å²) in [4.78, 5) is 0. The van der Waals surface area contributed by atoms with Crippen molar-refractivity contribution >= 4 is 11.6 Å². The van der Waals surface area contributed by atoms with E-state index in [1.165, 1.54) is 0 Å². The zero-order chi connectivity index (χ0) is 9.97. The van der Waals surface area contributed by atoms with E-state index in [0.29, 0.717) is 17.5 Å². The smallest absolute Gasteiger partial charge is 0.138 e. The van der Waals surface area contributed by atoms with Gasteiger partial charge < -0.3 is 9.84 Å². The van der Waals surface area contributed by atoms with Crippen LogP contribution in [0.4, 0.5) is 0 Å². The summed E-state index contributed by atoms with van der Waals surface area (Å²) in [6.07, 6.45) is 3.28. The molecule has 1 saturated carbocycles. The van der Waals surface area contributed by atoms with E-state index >= 15 is 0 Å². The molecule has 0 aliphatic heterocycles. The molecule has 2 rings (SSSR count). The van der Waals surface area contributed by atoms with Gasteiger partial charge in [0.25, 0.3) is 0 Å². The fourth-order valence-electron chi connectivity index (χ4n) is 1.29. The van der Waals surface area contributed by atoms with E-state index in [1.807, 2.05) is 18.2 Å². The Hall–Kier alpha value is -0.730. The molecule has 3 heteroatoms. The molecule has 0 saturated heterocycles. The average molecular weight is 213 g/mol. The van der Waals surface area contributed by atoms with Gasteiger partial charge in [-0.1, -0.05) is 17.7 Å². The number of hydrogen-bond acceptors (Lipinski definition) is 2. The van der Waals surface area contributed by atoms with Crippen molar-refractivity contribution in [2.45, 2.75) is 25.4 Å². The van der Waals surface area contributed by atoms with Crippen LogP contribution >= 0.6 is 11.6 Å². The molecule has 1 N–H and O–H groups in total. The largest absolute Gasteiger partial charge is 0.489 e. The Bertz CT molecular complexity index is 321. The predicted octanol–water partition coefficient (Wildman–Crippen LogP) is 2.42. The Kier molecular flexibility index (Phi) is 2.94. The van der Waals surface area contributed by atoms with Gasteiger partial charge in [0.2, 0.25) is 0 Å². The van der Waals surface area contributed by atoms with Crippen LogP contribution in [0.1, 0.15) is 18.4 Å². The predicted molar refractivity (Wildman–Crippen MR) is 55.9 cm³/mol. The highest BCUT2D eigenvalue weighted by molar-refractivity contribution is 6.32. The summed E-state index contributed by atoms with van der Waals surface area (Å²) >= 11 is 6.03. The first-order chi connectivity index (χ1) is 6.79.